The maximum Gasteiger partial charge on any atom is 0.414 e. The molecule has 0 saturated carbocycles. The first kappa shape index (κ1) is 17.1. The van der Waals surface area contributed by atoms with Crippen LogP contribution in [0.3, 0.4) is 0 Å². The summed E-state index contributed by atoms with van der Waals surface area (Å²) in [7, 11) is 3.49. The molecule has 2 aliphatic rings. The summed E-state index contributed by atoms with van der Waals surface area (Å²) in [5.41, 5.74) is 3.00. The largest absolute Gasteiger partial charge is 0.442 e. The van der Waals surface area contributed by atoms with Gasteiger partial charge in [-0.1, -0.05) is 5.16 Å². The van der Waals surface area contributed by atoms with Crippen LogP contribution >= 0.6 is 0 Å². The summed E-state index contributed by atoms with van der Waals surface area (Å²) in [6.45, 7) is 2.18. The molecule has 0 spiro atoms. The molecule has 1 saturated heterocycles. The van der Waals surface area contributed by atoms with E-state index in [1.807, 2.05) is 30.1 Å². The van der Waals surface area contributed by atoms with Crippen molar-refractivity contribution in [2.45, 2.75) is 25.9 Å². The zero-order valence-corrected chi connectivity index (χ0v) is 14.6. The van der Waals surface area contributed by atoms with Crippen LogP contribution in [0.15, 0.2) is 23.4 Å². The van der Waals surface area contributed by atoms with Crippen LogP contribution in [0.2, 0.25) is 0 Å². The third-order valence-corrected chi connectivity index (χ3v) is 4.39. The molecule has 8 nitrogen and oxygen atoms in total. The molecule has 1 fully saturated rings. The Hall–Kier alpha value is -2.77. The fourth-order valence-corrected chi connectivity index (χ4v) is 3.13. The van der Waals surface area contributed by atoms with Gasteiger partial charge in [0.25, 0.3) is 0 Å². The van der Waals surface area contributed by atoms with Gasteiger partial charge in [0.05, 0.1) is 13.1 Å². The third kappa shape index (κ3) is 3.52. The van der Waals surface area contributed by atoms with E-state index >= 15 is 0 Å². The summed E-state index contributed by atoms with van der Waals surface area (Å²) in [4.78, 5) is 31.6. The van der Waals surface area contributed by atoms with Crippen molar-refractivity contribution >= 4 is 29.2 Å². The number of nitrogens with zero attached hydrogens (tertiary/aromatic N) is 3. The quantitative estimate of drug-likeness (QED) is 0.835. The van der Waals surface area contributed by atoms with Crippen LogP contribution in [-0.2, 0) is 20.8 Å². The fourth-order valence-electron chi connectivity index (χ4n) is 3.13. The molecule has 2 amide bonds. The van der Waals surface area contributed by atoms with Crippen LogP contribution in [0.4, 0.5) is 16.2 Å². The number of hydrogen-bond acceptors (Lipinski definition) is 5. The van der Waals surface area contributed by atoms with Gasteiger partial charge in [-0.2, -0.15) is 0 Å². The lowest BCUT2D eigenvalue weighted by Gasteiger charge is -2.29. The van der Waals surface area contributed by atoms with Crippen molar-refractivity contribution in [3.05, 3.63) is 23.8 Å². The average molecular weight is 346 g/mol. The molecule has 25 heavy (non-hydrogen) atoms. The number of amides is 2. The van der Waals surface area contributed by atoms with Crippen LogP contribution in [-0.4, -0.2) is 51.2 Å². The molecule has 2 aliphatic heterocycles. The van der Waals surface area contributed by atoms with Crippen LogP contribution in [0, 0.1) is 0 Å². The number of carbonyl (C=O) groups is 2. The molecule has 0 radical (unpaired) electrons. The van der Waals surface area contributed by atoms with E-state index in [-0.39, 0.29) is 18.1 Å². The minimum atomic E-state index is -0.388. The predicted molar refractivity (Wildman–Crippen MR) is 93.9 cm³/mol. The minimum absolute atomic E-state index is 0.139. The van der Waals surface area contributed by atoms with Crippen molar-refractivity contribution in [2.24, 2.45) is 5.16 Å². The predicted octanol–water partition coefficient (Wildman–Crippen LogP) is 1.49. The first-order valence-electron chi connectivity index (χ1n) is 8.19. The van der Waals surface area contributed by atoms with E-state index in [1.54, 1.807) is 4.90 Å². The highest BCUT2D eigenvalue weighted by Crippen LogP contribution is 2.32. The number of hydrogen-bond donors (Lipinski definition) is 1. The standard InChI is InChI=1S/C17H22N4O4/c1-11(22)18-9-14-10-21(17(23)25-14)13-5-6-15-12(8-13)4-7-16(19-24-3)20(15)2/h5-6,8,14H,4,7,9-10H2,1-3H3,(H,18,22)/t14-/m0/s1. The summed E-state index contributed by atoms with van der Waals surface area (Å²) < 4.78 is 5.32. The number of cyclic esters (lactones) is 1. The molecule has 0 aliphatic carbocycles. The molecule has 0 bridgehead atoms. The number of carbonyl (C=O) groups excluding carboxylic acids is 2. The normalized spacial score (nSPS) is 21.2. The molecule has 134 valence electrons. The Morgan fingerprint density at radius 3 is 2.96 bits per heavy atom. The number of oxime groups is 1. The Kier molecular flexibility index (Phi) is 4.78. The second-order valence-electron chi connectivity index (χ2n) is 6.12. The second-order valence-corrected chi connectivity index (χ2v) is 6.12. The van der Waals surface area contributed by atoms with Crippen molar-refractivity contribution in [3.8, 4) is 0 Å². The summed E-state index contributed by atoms with van der Waals surface area (Å²) in [6, 6.07) is 5.88. The molecular weight excluding hydrogens is 324 g/mol. The van der Waals surface area contributed by atoms with Gasteiger partial charge in [-0.25, -0.2) is 4.79 Å². The van der Waals surface area contributed by atoms with Crippen molar-refractivity contribution < 1.29 is 19.2 Å². The Balaban J connectivity index is 1.76. The number of benzene rings is 1. The van der Waals surface area contributed by atoms with Gasteiger partial charge in [-0.3, -0.25) is 9.69 Å². The van der Waals surface area contributed by atoms with E-state index in [9.17, 15) is 9.59 Å². The van der Waals surface area contributed by atoms with Crippen molar-refractivity contribution in [1.29, 1.82) is 0 Å². The van der Waals surface area contributed by atoms with E-state index < -0.39 is 0 Å². The van der Waals surface area contributed by atoms with Crippen LogP contribution in [0.5, 0.6) is 0 Å². The van der Waals surface area contributed by atoms with Gasteiger partial charge in [0.2, 0.25) is 5.91 Å². The highest BCUT2D eigenvalue weighted by atomic mass is 16.6. The van der Waals surface area contributed by atoms with E-state index in [4.69, 9.17) is 9.57 Å². The number of anilines is 2. The Morgan fingerprint density at radius 1 is 1.44 bits per heavy atom. The van der Waals surface area contributed by atoms with E-state index in [0.717, 1.165) is 35.6 Å². The van der Waals surface area contributed by atoms with Crippen LogP contribution < -0.4 is 15.1 Å². The molecule has 1 atom stereocenters. The van der Waals surface area contributed by atoms with E-state index in [2.05, 4.69) is 10.5 Å². The molecule has 1 aromatic carbocycles. The van der Waals surface area contributed by atoms with E-state index in [1.165, 1.54) is 14.0 Å². The Morgan fingerprint density at radius 2 is 2.24 bits per heavy atom. The first-order chi connectivity index (χ1) is 12.0. The number of aryl methyl sites for hydroxylation is 1. The summed E-state index contributed by atoms with van der Waals surface area (Å²) in [5, 5.41) is 6.72. The van der Waals surface area contributed by atoms with Gasteiger partial charge >= 0.3 is 6.09 Å². The zero-order chi connectivity index (χ0) is 18.0. The molecule has 0 aromatic heterocycles. The number of nitrogens with one attached hydrogen (secondary N) is 1. The summed E-state index contributed by atoms with van der Waals surface area (Å²) in [5.74, 6) is 0.735. The van der Waals surface area contributed by atoms with Crippen LogP contribution in [0.25, 0.3) is 0 Å². The minimum Gasteiger partial charge on any atom is -0.442 e. The monoisotopic (exact) mass is 346 g/mol. The molecule has 1 N–H and O–H groups in total. The molecule has 8 heteroatoms. The Bertz CT molecular complexity index is 719. The average Bonchev–Trinajstić information content (AvgIpc) is 2.96. The SMILES string of the molecule is CON=C1CCc2cc(N3C[C@H](CNC(C)=O)OC3=O)ccc2N1C. The van der Waals surface area contributed by atoms with Gasteiger partial charge < -0.3 is 19.8 Å². The fraction of sp³-hybridized carbons (Fsp3) is 0.471. The number of fused-ring (bicyclic) bond motifs is 1. The molecular formula is C17H22N4O4. The zero-order valence-electron chi connectivity index (χ0n) is 14.6. The smallest absolute Gasteiger partial charge is 0.414 e. The molecule has 0 unspecified atom stereocenters. The van der Waals surface area contributed by atoms with Gasteiger partial charge in [-0.15, -0.1) is 0 Å². The number of ether oxygens (including phenoxy) is 1. The topological polar surface area (TPSA) is 83.5 Å². The summed E-state index contributed by atoms with van der Waals surface area (Å²) >= 11 is 0. The third-order valence-electron chi connectivity index (χ3n) is 4.39. The second kappa shape index (κ2) is 7.00. The lowest BCUT2D eigenvalue weighted by atomic mass is 10.0. The lowest BCUT2D eigenvalue weighted by molar-refractivity contribution is -0.119. The van der Waals surface area contributed by atoms with Gasteiger partial charge in [0.1, 0.15) is 19.0 Å². The summed E-state index contributed by atoms with van der Waals surface area (Å²) in [6.07, 6.45) is 0.876. The number of rotatable bonds is 4. The highest BCUT2D eigenvalue weighted by molar-refractivity contribution is 6.00. The number of amidine groups is 1. The highest BCUT2D eigenvalue weighted by Gasteiger charge is 2.33. The first-order valence-corrected chi connectivity index (χ1v) is 8.19. The van der Waals surface area contributed by atoms with Crippen molar-refractivity contribution in [1.82, 2.24) is 5.32 Å². The molecule has 2 heterocycles. The maximum absolute atomic E-state index is 12.1. The van der Waals surface area contributed by atoms with Gasteiger partial charge in [0.15, 0.2) is 0 Å². The Labute approximate surface area is 146 Å². The van der Waals surface area contributed by atoms with Gasteiger partial charge in [-0.05, 0) is 30.2 Å². The van der Waals surface area contributed by atoms with Crippen molar-refractivity contribution in [3.63, 3.8) is 0 Å². The van der Waals surface area contributed by atoms with E-state index in [0.29, 0.717) is 13.1 Å². The van der Waals surface area contributed by atoms with Crippen molar-refractivity contribution in [2.75, 3.05) is 37.0 Å². The van der Waals surface area contributed by atoms with Gasteiger partial charge in [0, 0.05) is 31.8 Å². The maximum atomic E-state index is 12.1. The van der Waals surface area contributed by atoms with Crippen LogP contribution in [0.1, 0.15) is 18.9 Å². The lowest BCUT2D eigenvalue weighted by Crippen LogP contribution is -2.33. The molecule has 1 aromatic rings. The molecule has 3 rings (SSSR count).